The van der Waals surface area contributed by atoms with Crippen molar-refractivity contribution < 1.29 is 28.3 Å². The van der Waals surface area contributed by atoms with E-state index in [0.29, 0.717) is 11.3 Å². The van der Waals surface area contributed by atoms with E-state index in [2.05, 4.69) is 10.6 Å². The van der Waals surface area contributed by atoms with Gasteiger partial charge in [-0.15, -0.1) is 11.3 Å². The molecular weight excluding hydrogens is 386 g/mol. The van der Waals surface area contributed by atoms with E-state index in [9.17, 15) is 19.2 Å². The highest BCUT2D eigenvalue weighted by Crippen LogP contribution is 2.36. The Morgan fingerprint density at radius 1 is 1.36 bits per heavy atom. The first-order valence-corrected chi connectivity index (χ1v) is 9.39. The summed E-state index contributed by atoms with van der Waals surface area (Å²) in [5.74, 6) is -1.27. The summed E-state index contributed by atoms with van der Waals surface area (Å²) in [4.78, 5) is 49.9. The molecular formula is C18H19N3O6S. The molecule has 0 atom stereocenters. The van der Waals surface area contributed by atoms with Gasteiger partial charge in [0, 0.05) is 10.9 Å². The minimum atomic E-state index is -1.07. The van der Waals surface area contributed by atoms with Crippen LogP contribution in [0.2, 0.25) is 0 Å². The second-order valence-corrected chi connectivity index (χ2v) is 7.43. The molecule has 1 aliphatic rings. The van der Waals surface area contributed by atoms with Crippen LogP contribution in [0.1, 0.15) is 31.1 Å². The monoisotopic (exact) mass is 405 g/mol. The van der Waals surface area contributed by atoms with E-state index in [4.69, 9.17) is 9.15 Å². The number of hydrogen-bond acceptors (Lipinski definition) is 7. The van der Waals surface area contributed by atoms with Crippen LogP contribution >= 0.6 is 11.3 Å². The summed E-state index contributed by atoms with van der Waals surface area (Å²) in [6.45, 7) is 4.48. The van der Waals surface area contributed by atoms with Gasteiger partial charge in [-0.25, -0.2) is 9.59 Å². The molecule has 0 unspecified atom stereocenters. The predicted octanol–water partition coefficient (Wildman–Crippen LogP) is 2.45. The van der Waals surface area contributed by atoms with Crippen molar-refractivity contribution in [2.24, 2.45) is 0 Å². The van der Waals surface area contributed by atoms with Crippen LogP contribution in [0, 0.1) is 0 Å². The van der Waals surface area contributed by atoms with Crippen LogP contribution in [0.3, 0.4) is 0 Å². The molecule has 0 spiro atoms. The summed E-state index contributed by atoms with van der Waals surface area (Å²) < 4.78 is 10.4. The molecule has 2 aromatic heterocycles. The molecule has 4 amide bonds. The molecule has 3 heterocycles. The summed E-state index contributed by atoms with van der Waals surface area (Å²) in [5, 5.41) is 7.01. The number of carbonyl (C=O) groups excluding carboxylic acids is 4. The molecule has 9 nitrogen and oxygen atoms in total. The second kappa shape index (κ2) is 7.47. The van der Waals surface area contributed by atoms with Crippen molar-refractivity contribution in [2.45, 2.75) is 26.3 Å². The number of anilines is 1. The third kappa shape index (κ3) is 3.63. The van der Waals surface area contributed by atoms with Crippen LogP contribution in [-0.2, 0) is 14.3 Å². The molecule has 1 fully saturated rings. The van der Waals surface area contributed by atoms with Gasteiger partial charge in [-0.05, 0) is 32.9 Å². The lowest BCUT2D eigenvalue weighted by Gasteiger charge is -2.15. The van der Waals surface area contributed by atoms with Crippen molar-refractivity contribution in [3.63, 3.8) is 0 Å². The van der Waals surface area contributed by atoms with Crippen molar-refractivity contribution in [3.8, 4) is 11.3 Å². The number of amides is 4. The first-order chi connectivity index (χ1) is 13.2. The summed E-state index contributed by atoms with van der Waals surface area (Å²) in [7, 11) is 0. The lowest BCUT2D eigenvalue weighted by Crippen LogP contribution is -2.41. The lowest BCUT2D eigenvalue weighted by molar-refractivity contribution is -0.132. The minimum Gasteiger partial charge on any atom is -0.464 e. The maximum atomic E-state index is 12.4. The predicted molar refractivity (Wildman–Crippen MR) is 101 cm³/mol. The average Bonchev–Trinajstić information content (AvgIpc) is 3.31. The highest BCUT2D eigenvalue weighted by atomic mass is 32.1. The van der Waals surface area contributed by atoms with E-state index in [-0.39, 0.29) is 17.2 Å². The second-order valence-electron chi connectivity index (χ2n) is 6.55. The largest absolute Gasteiger partial charge is 0.464 e. The van der Waals surface area contributed by atoms with Crippen molar-refractivity contribution in [3.05, 3.63) is 29.3 Å². The van der Waals surface area contributed by atoms with Gasteiger partial charge in [0.1, 0.15) is 28.4 Å². The molecule has 0 aliphatic carbocycles. The number of hydrogen-bond donors (Lipinski definition) is 2. The number of thiophene rings is 1. The Bertz CT molecular complexity index is 931. The highest BCUT2D eigenvalue weighted by molar-refractivity contribution is 7.15. The number of imide groups is 1. The highest BCUT2D eigenvalue weighted by Gasteiger charge is 2.45. The molecule has 0 aromatic carbocycles. The molecule has 0 saturated carbocycles. The zero-order valence-electron chi connectivity index (χ0n) is 15.5. The summed E-state index contributed by atoms with van der Waals surface area (Å²) in [5.41, 5.74) is -0.421. The average molecular weight is 405 g/mol. The van der Waals surface area contributed by atoms with Crippen LogP contribution < -0.4 is 10.6 Å². The Kier molecular flexibility index (Phi) is 5.23. The van der Waals surface area contributed by atoms with E-state index in [0.717, 1.165) is 16.2 Å². The number of ether oxygens (including phenoxy) is 1. The Morgan fingerprint density at radius 3 is 2.68 bits per heavy atom. The first kappa shape index (κ1) is 19.6. The molecule has 0 radical (unpaired) electrons. The molecule has 1 aliphatic heterocycles. The van der Waals surface area contributed by atoms with Gasteiger partial charge < -0.3 is 19.8 Å². The quantitative estimate of drug-likeness (QED) is 0.563. The van der Waals surface area contributed by atoms with Gasteiger partial charge in [0.2, 0.25) is 5.91 Å². The number of furan rings is 1. The van der Waals surface area contributed by atoms with E-state index in [1.165, 1.54) is 6.26 Å². The normalized spacial score (nSPS) is 15.5. The van der Waals surface area contributed by atoms with Gasteiger partial charge in [0.15, 0.2) is 0 Å². The third-order valence-corrected chi connectivity index (χ3v) is 4.95. The zero-order valence-corrected chi connectivity index (χ0v) is 16.3. The molecule has 148 valence electrons. The smallest absolute Gasteiger partial charge is 0.341 e. The van der Waals surface area contributed by atoms with E-state index < -0.39 is 35.9 Å². The van der Waals surface area contributed by atoms with Crippen LogP contribution in [0.4, 0.5) is 9.80 Å². The fourth-order valence-electron chi connectivity index (χ4n) is 2.74. The molecule has 28 heavy (non-hydrogen) atoms. The lowest BCUT2D eigenvalue weighted by atomic mass is 10.1. The number of carbonyl (C=O) groups is 4. The van der Waals surface area contributed by atoms with E-state index >= 15 is 0 Å². The fraction of sp³-hybridized carbons (Fsp3) is 0.333. The van der Waals surface area contributed by atoms with Crippen molar-refractivity contribution >= 4 is 40.2 Å². The molecule has 3 rings (SSSR count). The SMILES string of the molecule is CCOC(=O)c1c(-c2ccco2)csc1NC(=O)CN1C(=O)NC(C)(C)C1=O. The Balaban J connectivity index is 1.82. The summed E-state index contributed by atoms with van der Waals surface area (Å²) in [6.07, 6.45) is 1.47. The maximum Gasteiger partial charge on any atom is 0.341 e. The number of urea groups is 1. The zero-order chi connectivity index (χ0) is 20.5. The van der Waals surface area contributed by atoms with Gasteiger partial charge >= 0.3 is 12.0 Å². The van der Waals surface area contributed by atoms with Crippen molar-refractivity contribution in [1.82, 2.24) is 10.2 Å². The molecule has 1 saturated heterocycles. The van der Waals surface area contributed by atoms with Gasteiger partial charge in [-0.2, -0.15) is 0 Å². The van der Waals surface area contributed by atoms with Crippen LogP contribution in [0.15, 0.2) is 28.2 Å². The fourth-order valence-corrected chi connectivity index (χ4v) is 3.69. The Hall–Kier alpha value is -3.14. The topological polar surface area (TPSA) is 118 Å². The van der Waals surface area contributed by atoms with Crippen molar-refractivity contribution in [1.29, 1.82) is 0 Å². The number of esters is 1. The van der Waals surface area contributed by atoms with Gasteiger partial charge in [0.05, 0.1) is 12.9 Å². The maximum absolute atomic E-state index is 12.4. The van der Waals surface area contributed by atoms with Gasteiger partial charge in [-0.1, -0.05) is 0 Å². The van der Waals surface area contributed by atoms with Crippen LogP contribution in [-0.4, -0.2) is 47.4 Å². The van der Waals surface area contributed by atoms with Gasteiger partial charge in [0.25, 0.3) is 5.91 Å². The van der Waals surface area contributed by atoms with E-state index in [1.807, 2.05) is 0 Å². The molecule has 0 bridgehead atoms. The Labute approximate surface area is 164 Å². The number of nitrogens with zero attached hydrogens (tertiary/aromatic N) is 1. The third-order valence-electron chi connectivity index (χ3n) is 4.06. The summed E-state index contributed by atoms with van der Waals surface area (Å²) in [6, 6.07) is 2.73. The molecule has 2 N–H and O–H groups in total. The van der Waals surface area contributed by atoms with Crippen molar-refractivity contribution in [2.75, 3.05) is 18.5 Å². The minimum absolute atomic E-state index is 0.160. The van der Waals surface area contributed by atoms with Gasteiger partial charge in [-0.3, -0.25) is 14.5 Å². The number of nitrogens with one attached hydrogen (secondary N) is 2. The van der Waals surface area contributed by atoms with E-state index in [1.54, 1.807) is 38.3 Å². The van der Waals surface area contributed by atoms with Crippen LogP contribution in [0.25, 0.3) is 11.3 Å². The molecule has 2 aromatic rings. The first-order valence-electron chi connectivity index (χ1n) is 8.51. The summed E-state index contributed by atoms with van der Waals surface area (Å²) >= 11 is 1.12. The number of rotatable bonds is 6. The Morgan fingerprint density at radius 2 is 2.11 bits per heavy atom. The molecule has 10 heteroatoms. The van der Waals surface area contributed by atoms with Crippen LogP contribution in [0.5, 0.6) is 0 Å². The standard InChI is InChI=1S/C18H19N3O6S/c1-4-26-15(23)13-10(11-6-5-7-27-11)9-28-14(13)19-12(22)8-21-16(24)18(2,3)20-17(21)25/h5-7,9H,4,8H2,1-3H3,(H,19,22)(H,20,25).